The Kier molecular flexibility index (Phi) is 2.60. The lowest BCUT2D eigenvalue weighted by molar-refractivity contribution is 0.773. The first-order valence-electron chi connectivity index (χ1n) is 3.56. The summed E-state index contributed by atoms with van der Waals surface area (Å²) in [4.78, 5) is 11.5. The van der Waals surface area contributed by atoms with E-state index in [9.17, 15) is 4.79 Å². The van der Waals surface area contributed by atoms with Gasteiger partial charge in [-0.1, -0.05) is 18.3 Å². The molecule has 64 valence electrons. The van der Waals surface area contributed by atoms with E-state index in [2.05, 4.69) is 0 Å². The van der Waals surface area contributed by atoms with E-state index >= 15 is 0 Å². The summed E-state index contributed by atoms with van der Waals surface area (Å²) in [5.74, 6) is 0. The van der Waals surface area contributed by atoms with Gasteiger partial charge in [0.15, 0.2) is 0 Å². The molecule has 12 heavy (non-hydrogen) atoms. The van der Waals surface area contributed by atoms with Gasteiger partial charge >= 0.3 is 0 Å². The molecule has 3 nitrogen and oxygen atoms in total. The Hall–Kier alpha value is -1.16. The van der Waals surface area contributed by atoms with Crippen molar-refractivity contribution >= 4 is 17.2 Å². The number of nitrogens with two attached hydrogens (primary N) is 1. The molecule has 0 aliphatic carbocycles. The van der Waals surface area contributed by atoms with E-state index in [1.165, 1.54) is 6.07 Å². The summed E-state index contributed by atoms with van der Waals surface area (Å²) in [6, 6.07) is 5.05. The van der Waals surface area contributed by atoms with Gasteiger partial charge in [-0.3, -0.25) is 4.79 Å². The molecule has 0 aliphatic heterocycles. The fourth-order valence-corrected chi connectivity index (χ4v) is 1.11. The Labute approximate surface area is 75.8 Å². The van der Waals surface area contributed by atoms with Crippen LogP contribution in [-0.2, 0) is 6.54 Å². The van der Waals surface area contributed by atoms with Gasteiger partial charge in [0.05, 0.1) is 11.5 Å². The van der Waals surface area contributed by atoms with Crippen LogP contribution in [0.25, 0.3) is 0 Å². The number of hydrogen-bond acceptors (Lipinski definition) is 2. The molecule has 1 heterocycles. The molecule has 1 aromatic rings. The lowest BCUT2D eigenvalue weighted by Crippen LogP contribution is -2.27. The summed E-state index contributed by atoms with van der Waals surface area (Å²) >= 11 is 4.71. The van der Waals surface area contributed by atoms with Gasteiger partial charge < -0.3 is 10.3 Å². The highest BCUT2D eigenvalue weighted by Crippen LogP contribution is 1.92. The van der Waals surface area contributed by atoms with Gasteiger partial charge in [-0.15, -0.1) is 0 Å². The van der Waals surface area contributed by atoms with Crippen molar-refractivity contribution in [3.05, 3.63) is 34.2 Å². The highest BCUT2D eigenvalue weighted by atomic mass is 32.1. The first-order valence-corrected chi connectivity index (χ1v) is 3.97. The van der Waals surface area contributed by atoms with Crippen molar-refractivity contribution in [1.29, 1.82) is 0 Å². The zero-order valence-corrected chi connectivity index (χ0v) is 7.60. The van der Waals surface area contributed by atoms with Gasteiger partial charge in [0.1, 0.15) is 0 Å². The van der Waals surface area contributed by atoms with E-state index in [1.807, 2.05) is 13.0 Å². The number of pyridine rings is 1. The molecule has 0 radical (unpaired) electrons. The maximum atomic E-state index is 11.2. The average Bonchev–Trinajstić information content (AvgIpc) is 1.97. The van der Waals surface area contributed by atoms with Crippen molar-refractivity contribution in [3.8, 4) is 0 Å². The second kappa shape index (κ2) is 3.49. The van der Waals surface area contributed by atoms with Crippen molar-refractivity contribution in [1.82, 2.24) is 4.57 Å². The smallest absolute Gasteiger partial charge is 0.251 e. The maximum Gasteiger partial charge on any atom is 0.251 e. The Balaban J connectivity index is 3.13. The fourth-order valence-electron chi connectivity index (χ4n) is 0.982. The fraction of sp³-hybridized carbons (Fsp3) is 0.250. The molecule has 0 amide bonds. The number of nitrogens with zero attached hydrogens (tertiary/aromatic N) is 1. The van der Waals surface area contributed by atoms with E-state index in [1.54, 1.807) is 10.6 Å². The monoisotopic (exact) mass is 182 g/mol. The predicted molar refractivity (Wildman–Crippen MR) is 52.2 cm³/mol. The van der Waals surface area contributed by atoms with Crippen LogP contribution < -0.4 is 11.3 Å². The van der Waals surface area contributed by atoms with E-state index in [4.69, 9.17) is 18.0 Å². The highest BCUT2D eigenvalue weighted by molar-refractivity contribution is 7.80. The van der Waals surface area contributed by atoms with E-state index < -0.39 is 0 Å². The first kappa shape index (κ1) is 8.93. The Bertz CT molecular complexity index is 356. The zero-order valence-electron chi connectivity index (χ0n) is 6.78. The van der Waals surface area contributed by atoms with Crippen molar-refractivity contribution in [3.63, 3.8) is 0 Å². The molecule has 0 atom stereocenters. The van der Waals surface area contributed by atoms with Crippen LogP contribution in [-0.4, -0.2) is 9.56 Å². The normalized spacial score (nSPS) is 9.75. The molecule has 0 unspecified atom stereocenters. The lowest BCUT2D eigenvalue weighted by Gasteiger charge is -2.06. The minimum absolute atomic E-state index is 0.0669. The van der Waals surface area contributed by atoms with Crippen molar-refractivity contribution < 1.29 is 0 Å². The first-order chi connectivity index (χ1) is 5.61. The number of thiocarbonyl (C=S) groups is 1. The molecule has 0 fully saturated rings. The minimum Gasteiger partial charge on any atom is -0.392 e. The molecule has 0 spiro atoms. The predicted octanol–water partition coefficient (Wildman–Crippen LogP) is 0.443. The standard InChI is InChI=1S/C8H10N2OS/c1-6-3-2-4-8(11)10(6)5-7(9)12/h2-4H,5H2,1H3,(H2,9,12). The average molecular weight is 182 g/mol. The third kappa shape index (κ3) is 1.92. The molecule has 2 N–H and O–H groups in total. The van der Waals surface area contributed by atoms with Crippen LogP contribution in [0.2, 0.25) is 0 Å². The van der Waals surface area contributed by atoms with Gasteiger partial charge in [0.25, 0.3) is 5.56 Å². The number of aryl methyl sites for hydroxylation is 1. The summed E-state index contributed by atoms with van der Waals surface area (Å²) in [5.41, 5.74) is 6.14. The topological polar surface area (TPSA) is 48.0 Å². The van der Waals surface area contributed by atoms with Crippen LogP contribution in [0.5, 0.6) is 0 Å². The summed E-state index contributed by atoms with van der Waals surface area (Å²) in [7, 11) is 0. The highest BCUT2D eigenvalue weighted by Gasteiger charge is 1.98. The summed E-state index contributed by atoms with van der Waals surface area (Å²) in [6.07, 6.45) is 0. The van der Waals surface area contributed by atoms with Gasteiger partial charge in [-0.2, -0.15) is 0 Å². The van der Waals surface area contributed by atoms with Gasteiger partial charge in [-0.05, 0) is 13.0 Å². The number of aromatic nitrogens is 1. The Morgan fingerprint density at radius 2 is 2.33 bits per heavy atom. The molecule has 1 rings (SSSR count). The van der Waals surface area contributed by atoms with Crippen LogP contribution in [0.15, 0.2) is 23.0 Å². The summed E-state index contributed by atoms with van der Waals surface area (Å²) in [5, 5.41) is 0. The second-order valence-corrected chi connectivity index (χ2v) is 3.08. The molecular formula is C8H10N2OS. The SMILES string of the molecule is Cc1cccc(=O)n1CC(N)=S. The minimum atomic E-state index is -0.0669. The Morgan fingerprint density at radius 1 is 1.67 bits per heavy atom. The summed E-state index contributed by atoms with van der Waals surface area (Å²) in [6.45, 7) is 2.17. The largest absolute Gasteiger partial charge is 0.392 e. The molecule has 0 bridgehead atoms. The van der Waals surface area contributed by atoms with Crippen molar-refractivity contribution in [2.45, 2.75) is 13.5 Å². The molecule has 0 saturated carbocycles. The van der Waals surface area contributed by atoms with Gasteiger partial charge in [0.2, 0.25) is 0 Å². The van der Waals surface area contributed by atoms with Crippen LogP contribution in [0, 0.1) is 6.92 Å². The number of rotatable bonds is 2. The van der Waals surface area contributed by atoms with E-state index in [-0.39, 0.29) is 5.56 Å². The van der Waals surface area contributed by atoms with Crippen molar-refractivity contribution in [2.24, 2.45) is 5.73 Å². The zero-order chi connectivity index (χ0) is 9.14. The molecule has 0 aliphatic rings. The van der Waals surface area contributed by atoms with E-state index in [0.29, 0.717) is 11.5 Å². The second-order valence-electron chi connectivity index (χ2n) is 2.56. The summed E-state index contributed by atoms with van der Waals surface area (Å²) < 4.78 is 1.54. The van der Waals surface area contributed by atoms with Gasteiger partial charge in [0, 0.05) is 11.8 Å². The quantitative estimate of drug-likeness (QED) is 0.675. The molecular weight excluding hydrogens is 172 g/mol. The lowest BCUT2D eigenvalue weighted by atomic mass is 10.3. The van der Waals surface area contributed by atoms with E-state index in [0.717, 1.165) is 5.69 Å². The Morgan fingerprint density at radius 3 is 2.83 bits per heavy atom. The molecule has 0 saturated heterocycles. The van der Waals surface area contributed by atoms with Crippen LogP contribution in [0.1, 0.15) is 5.69 Å². The van der Waals surface area contributed by atoms with Crippen LogP contribution in [0.3, 0.4) is 0 Å². The molecule has 4 heteroatoms. The van der Waals surface area contributed by atoms with Crippen LogP contribution in [0.4, 0.5) is 0 Å². The number of hydrogen-bond donors (Lipinski definition) is 1. The maximum absolute atomic E-state index is 11.2. The molecule has 1 aromatic heterocycles. The molecule has 0 aromatic carbocycles. The third-order valence-corrected chi connectivity index (χ3v) is 1.71. The van der Waals surface area contributed by atoms with Crippen LogP contribution >= 0.6 is 12.2 Å². The third-order valence-electron chi connectivity index (χ3n) is 1.58. The van der Waals surface area contributed by atoms with Crippen molar-refractivity contribution in [2.75, 3.05) is 0 Å². The van der Waals surface area contributed by atoms with Gasteiger partial charge in [-0.25, -0.2) is 0 Å².